The summed E-state index contributed by atoms with van der Waals surface area (Å²) in [5.74, 6) is -0.597. The molecule has 1 aromatic rings. The van der Waals surface area contributed by atoms with Crippen LogP contribution in [0.1, 0.15) is 29.7 Å². The van der Waals surface area contributed by atoms with E-state index < -0.39 is 11.5 Å². The van der Waals surface area contributed by atoms with Gasteiger partial charge in [-0.25, -0.2) is 9.78 Å². The molecule has 0 amide bonds. The summed E-state index contributed by atoms with van der Waals surface area (Å²) in [4.78, 5) is 15.9. The lowest BCUT2D eigenvalue weighted by Gasteiger charge is -2.34. The molecule has 2 heterocycles. The summed E-state index contributed by atoms with van der Waals surface area (Å²) < 4.78 is 5.23. The SMILES string of the molecule is Cc1cc(C)c(C#N)c(NC2(C(=O)O)CCOCC2)n1. The fourth-order valence-electron chi connectivity index (χ4n) is 2.41. The minimum absolute atomic E-state index is 0.342. The van der Waals surface area contributed by atoms with Crippen molar-refractivity contribution in [1.29, 1.82) is 5.26 Å². The zero-order valence-corrected chi connectivity index (χ0v) is 11.6. The molecule has 0 aliphatic carbocycles. The van der Waals surface area contributed by atoms with Crippen LogP contribution in [0.25, 0.3) is 0 Å². The molecule has 1 aromatic heterocycles. The van der Waals surface area contributed by atoms with Crippen LogP contribution in [0.2, 0.25) is 0 Å². The average Bonchev–Trinajstić information content (AvgIpc) is 2.39. The lowest BCUT2D eigenvalue weighted by atomic mass is 9.89. The van der Waals surface area contributed by atoms with E-state index in [1.807, 2.05) is 13.8 Å². The number of ether oxygens (including phenoxy) is 1. The van der Waals surface area contributed by atoms with E-state index in [1.54, 1.807) is 6.07 Å². The third-order valence-electron chi connectivity index (χ3n) is 3.57. The standard InChI is InChI=1S/C14H17N3O3/c1-9-7-10(2)16-12(11(9)8-15)17-14(13(18)19)3-5-20-6-4-14/h7H,3-6H2,1-2H3,(H,16,17)(H,18,19). The Morgan fingerprint density at radius 2 is 2.15 bits per heavy atom. The van der Waals surface area contributed by atoms with Crippen molar-refractivity contribution < 1.29 is 14.6 Å². The Morgan fingerprint density at radius 1 is 1.50 bits per heavy atom. The number of hydrogen-bond donors (Lipinski definition) is 2. The molecule has 2 rings (SSSR count). The second-order valence-electron chi connectivity index (χ2n) is 5.04. The van der Waals surface area contributed by atoms with Crippen LogP contribution >= 0.6 is 0 Å². The Kier molecular flexibility index (Phi) is 3.91. The zero-order valence-electron chi connectivity index (χ0n) is 11.6. The number of pyridine rings is 1. The second kappa shape index (κ2) is 5.47. The predicted octanol–water partition coefficient (Wildman–Crippen LogP) is 1.62. The van der Waals surface area contributed by atoms with E-state index in [0.717, 1.165) is 11.3 Å². The Labute approximate surface area is 117 Å². The maximum Gasteiger partial charge on any atom is 0.329 e. The molecule has 0 aromatic carbocycles. The number of aryl methyl sites for hydroxylation is 2. The Balaban J connectivity index is 2.41. The highest BCUT2D eigenvalue weighted by molar-refractivity contribution is 5.83. The van der Waals surface area contributed by atoms with Crippen LogP contribution in [-0.2, 0) is 9.53 Å². The largest absolute Gasteiger partial charge is 0.480 e. The molecule has 0 atom stereocenters. The van der Waals surface area contributed by atoms with Crippen LogP contribution in [0, 0.1) is 25.2 Å². The van der Waals surface area contributed by atoms with Gasteiger partial charge in [-0.1, -0.05) is 0 Å². The van der Waals surface area contributed by atoms with Crippen molar-refractivity contribution in [1.82, 2.24) is 4.98 Å². The fourth-order valence-corrected chi connectivity index (χ4v) is 2.41. The molecular formula is C14H17N3O3. The monoisotopic (exact) mass is 275 g/mol. The van der Waals surface area contributed by atoms with Gasteiger partial charge in [-0.3, -0.25) is 0 Å². The van der Waals surface area contributed by atoms with Crippen molar-refractivity contribution in [2.75, 3.05) is 18.5 Å². The summed E-state index contributed by atoms with van der Waals surface area (Å²) in [5.41, 5.74) is 0.811. The number of hydrogen-bond acceptors (Lipinski definition) is 5. The molecule has 1 saturated heterocycles. The Bertz CT molecular complexity index is 572. The molecule has 1 aliphatic heterocycles. The number of rotatable bonds is 3. The highest BCUT2D eigenvalue weighted by Crippen LogP contribution is 2.28. The van der Waals surface area contributed by atoms with Gasteiger partial charge in [0.05, 0.1) is 5.56 Å². The normalized spacial score (nSPS) is 17.2. The first kappa shape index (κ1) is 14.3. The average molecular weight is 275 g/mol. The number of carboxylic acid groups (broad SMARTS) is 1. The fraction of sp³-hybridized carbons (Fsp3) is 0.500. The number of nitriles is 1. The van der Waals surface area contributed by atoms with Crippen LogP contribution in [-0.4, -0.2) is 34.8 Å². The number of nitrogens with one attached hydrogen (secondary N) is 1. The van der Waals surface area contributed by atoms with Gasteiger partial charge in [0.2, 0.25) is 0 Å². The van der Waals surface area contributed by atoms with E-state index in [1.165, 1.54) is 0 Å². The zero-order chi connectivity index (χ0) is 14.8. The van der Waals surface area contributed by atoms with E-state index in [4.69, 9.17) is 4.74 Å². The van der Waals surface area contributed by atoms with E-state index in [-0.39, 0.29) is 0 Å². The van der Waals surface area contributed by atoms with E-state index in [0.29, 0.717) is 37.4 Å². The van der Waals surface area contributed by atoms with Crippen LogP contribution in [0.15, 0.2) is 6.07 Å². The van der Waals surface area contributed by atoms with Crippen molar-refractivity contribution in [2.45, 2.75) is 32.2 Å². The molecule has 1 fully saturated rings. The number of aromatic nitrogens is 1. The van der Waals surface area contributed by atoms with Crippen molar-refractivity contribution in [2.24, 2.45) is 0 Å². The van der Waals surface area contributed by atoms with Crippen molar-refractivity contribution >= 4 is 11.8 Å². The van der Waals surface area contributed by atoms with Gasteiger partial charge in [0, 0.05) is 31.7 Å². The predicted molar refractivity (Wildman–Crippen MR) is 72.5 cm³/mol. The van der Waals surface area contributed by atoms with E-state index in [2.05, 4.69) is 16.4 Å². The van der Waals surface area contributed by atoms with Crippen molar-refractivity contribution in [3.8, 4) is 6.07 Å². The number of anilines is 1. The molecule has 6 nitrogen and oxygen atoms in total. The molecule has 2 N–H and O–H groups in total. The van der Waals surface area contributed by atoms with Gasteiger partial charge in [-0.05, 0) is 25.5 Å². The Morgan fingerprint density at radius 3 is 2.70 bits per heavy atom. The molecular weight excluding hydrogens is 258 g/mol. The minimum Gasteiger partial charge on any atom is -0.480 e. The minimum atomic E-state index is -1.11. The lowest BCUT2D eigenvalue weighted by molar-refractivity contribution is -0.145. The Hall–Kier alpha value is -2.13. The number of carbonyl (C=O) groups is 1. The summed E-state index contributed by atoms with van der Waals surface area (Å²) in [6.07, 6.45) is 0.698. The summed E-state index contributed by atoms with van der Waals surface area (Å²) in [6.45, 7) is 4.39. The van der Waals surface area contributed by atoms with Crippen LogP contribution in [0.5, 0.6) is 0 Å². The summed E-state index contributed by atoms with van der Waals surface area (Å²) in [5, 5.41) is 21.7. The molecule has 0 bridgehead atoms. The molecule has 0 saturated carbocycles. The van der Waals surface area contributed by atoms with Crippen LogP contribution in [0.3, 0.4) is 0 Å². The van der Waals surface area contributed by atoms with Gasteiger partial charge in [-0.15, -0.1) is 0 Å². The van der Waals surface area contributed by atoms with E-state index in [9.17, 15) is 15.2 Å². The second-order valence-corrected chi connectivity index (χ2v) is 5.04. The summed E-state index contributed by atoms with van der Waals surface area (Å²) in [7, 11) is 0. The van der Waals surface area contributed by atoms with Crippen LogP contribution < -0.4 is 5.32 Å². The third-order valence-corrected chi connectivity index (χ3v) is 3.57. The van der Waals surface area contributed by atoms with E-state index >= 15 is 0 Å². The van der Waals surface area contributed by atoms with Gasteiger partial charge in [0.25, 0.3) is 0 Å². The quantitative estimate of drug-likeness (QED) is 0.870. The first-order valence-corrected chi connectivity index (χ1v) is 6.46. The highest BCUT2D eigenvalue weighted by Gasteiger charge is 2.41. The van der Waals surface area contributed by atoms with Gasteiger partial charge in [0.15, 0.2) is 0 Å². The maximum atomic E-state index is 11.6. The molecule has 6 heteroatoms. The van der Waals surface area contributed by atoms with Gasteiger partial charge >= 0.3 is 5.97 Å². The molecule has 0 radical (unpaired) electrons. The molecule has 0 spiro atoms. The molecule has 0 unspecified atom stereocenters. The smallest absolute Gasteiger partial charge is 0.329 e. The molecule has 106 valence electrons. The first-order chi connectivity index (χ1) is 9.48. The molecule has 20 heavy (non-hydrogen) atoms. The summed E-state index contributed by atoms with van der Waals surface area (Å²) >= 11 is 0. The van der Waals surface area contributed by atoms with Crippen molar-refractivity contribution in [3.05, 3.63) is 22.9 Å². The topological polar surface area (TPSA) is 95.2 Å². The maximum absolute atomic E-state index is 11.6. The summed E-state index contributed by atoms with van der Waals surface area (Å²) in [6, 6.07) is 3.89. The van der Waals surface area contributed by atoms with Gasteiger partial charge < -0.3 is 15.2 Å². The molecule has 1 aliphatic rings. The number of carboxylic acids is 1. The number of nitrogens with zero attached hydrogens (tertiary/aromatic N) is 2. The van der Waals surface area contributed by atoms with Crippen LogP contribution in [0.4, 0.5) is 5.82 Å². The van der Waals surface area contributed by atoms with Crippen molar-refractivity contribution in [3.63, 3.8) is 0 Å². The van der Waals surface area contributed by atoms with Gasteiger partial charge in [0.1, 0.15) is 17.4 Å². The first-order valence-electron chi connectivity index (χ1n) is 6.46. The lowest BCUT2D eigenvalue weighted by Crippen LogP contribution is -2.50. The highest BCUT2D eigenvalue weighted by atomic mass is 16.5. The third kappa shape index (κ3) is 2.58. The number of aliphatic carboxylic acids is 1. The van der Waals surface area contributed by atoms with Gasteiger partial charge in [-0.2, -0.15) is 5.26 Å².